The number of halogens is 3. The van der Waals surface area contributed by atoms with Crippen molar-refractivity contribution < 1.29 is 36.2 Å². The number of carbonyl (C=O) groups is 1. The number of nitrogens with one attached hydrogen (secondary N) is 1. The molecule has 29 heavy (non-hydrogen) atoms. The van der Waals surface area contributed by atoms with E-state index in [0.29, 0.717) is 5.56 Å². The molecule has 0 spiro atoms. The van der Waals surface area contributed by atoms with E-state index >= 15 is 0 Å². The van der Waals surface area contributed by atoms with Crippen LogP contribution in [-0.4, -0.2) is 31.8 Å². The number of alkyl halides is 3. The van der Waals surface area contributed by atoms with Gasteiger partial charge in [0.05, 0.1) is 10.8 Å². The predicted octanol–water partition coefficient (Wildman–Crippen LogP) is 3.61. The fraction of sp³-hybridized carbons (Fsp3) is 0.316. The van der Waals surface area contributed by atoms with E-state index in [1.165, 1.54) is 0 Å². The highest BCUT2D eigenvalue weighted by atomic mass is 32.2. The van der Waals surface area contributed by atoms with Crippen molar-refractivity contribution in [2.75, 3.05) is 0 Å². The highest BCUT2D eigenvalue weighted by Gasteiger charge is 2.48. The molecule has 2 aromatic carbocycles. The molecule has 6 nitrogen and oxygen atoms in total. The minimum atomic E-state index is -4.73. The predicted molar refractivity (Wildman–Crippen MR) is 97.1 cm³/mol. The molecule has 0 aliphatic carbocycles. The molecule has 3 unspecified atom stereocenters. The van der Waals surface area contributed by atoms with Gasteiger partial charge < -0.3 is 9.84 Å². The van der Waals surface area contributed by atoms with Gasteiger partial charge in [0, 0.05) is 18.0 Å². The lowest BCUT2D eigenvalue weighted by Gasteiger charge is -2.31. The molecule has 0 bridgehead atoms. The Balaban J connectivity index is 1.93. The summed E-state index contributed by atoms with van der Waals surface area (Å²) in [5.41, 5.74) is 0.613. The second kappa shape index (κ2) is 7.68. The zero-order valence-electron chi connectivity index (χ0n) is 15.2. The first-order valence-corrected chi connectivity index (χ1v) is 10.1. The minimum absolute atomic E-state index is 0.103. The van der Waals surface area contributed by atoms with Crippen molar-refractivity contribution in [1.29, 1.82) is 0 Å². The van der Waals surface area contributed by atoms with E-state index in [4.69, 9.17) is 4.74 Å². The maximum atomic E-state index is 13.0. The van der Waals surface area contributed by atoms with Crippen LogP contribution < -0.4 is 9.46 Å². The van der Waals surface area contributed by atoms with E-state index in [2.05, 4.69) is 4.72 Å². The summed E-state index contributed by atoms with van der Waals surface area (Å²) in [7, 11) is -4.05. The lowest BCUT2D eigenvalue weighted by atomic mass is 9.89. The average molecular weight is 429 g/mol. The third-order valence-electron chi connectivity index (χ3n) is 4.68. The molecular weight excluding hydrogens is 411 g/mol. The van der Waals surface area contributed by atoms with Crippen molar-refractivity contribution in [2.24, 2.45) is 0 Å². The summed E-state index contributed by atoms with van der Waals surface area (Å²) in [4.78, 5) is 11.3. The Hall–Kier alpha value is -2.59. The van der Waals surface area contributed by atoms with E-state index in [1.807, 2.05) is 0 Å². The van der Waals surface area contributed by atoms with Gasteiger partial charge in [-0.1, -0.05) is 30.3 Å². The summed E-state index contributed by atoms with van der Waals surface area (Å²) < 4.78 is 71.9. The van der Waals surface area contributed by atoms with Crippen molar-refractivity contribution in [2.45, 2.75) is 42.5 Å². The summed E-state index contributed by atoms with van der Waals surface area (Å²) in [6, 6.07) is 11.4. The monoisotopic (exact) mass is 429 g/mol. The van der Waals surface area contributed by atoms with E-state index in [0.717, 1.165) is 18.2 Å². The molecule has 0 amide bonds. The van der Waals surface area contributed by atoms with Gasteiger partial charge in [-0.15, -0.1) is 0 Å². The summed E-state index contributed by atoms with van der Waals surface area (Å²) in [6.45, 7) is 1.64. The van der Waals surface area contributed by atoms with Crippen molar-refractivity contribution >= 4 is 16.0 Å². The van der Waals surface area contributed by atoms with Crippen LogP contribution in [0.2, 0.25) is 0 Å². The Bertz CT molecular complexity index is 1010. The lowest BCUT2D eigenvalue weighted by Crippen LogP contribution is -2.40. The lowest BCUT2D eigenvalue weighted by molar-refractivity contribution is -0.201. The van der Waals surface area contributed by atoms with Crippen LogP contribution in [0.1, 0.15) is 36.4 Å². The quantitative estimate of drug-likeness (QED) is 0.758. The van der Waals surface area contributed by atoms with Crippen LogP contribution in [0.5, 0.6) is 5.75 Å². The van der Waals surface area contributed by atoms with Crippen LogP contribution in [0, 0.1) is 0 Å². The van der Waals surface area contributed by atoms with Gasteiger partial charge in [0.15, 0.2) is 6.10 Å². The summed E-state index contributed by atoms with van der Waals surface area (Å²) in [6.07, 6.45) is -7.83. The van der Waals surface area contributed by atoms with Gasteiger partial charge in [-0.2, -0.15) is 13.2 Å². The number of sulfonamides is 1. The Labute approximate surface area is 165 Å². The maximum Gasteiger partial charge on any atom is 0.425 e. The van der Waals surface area contributed by atoms with Crippen LogP contribution in [0.4, 0.5) is 13.2 Å². The number of hydrogen-bond acceptors (Lipinski definition) is 4. The molecule has 2 N–H and O–H groups in total. The summed E-state index contributed by atoms with van der Waals surface area (Å²) in [5, 5.41) is 9.37. The molecule has 0 saturated heterocycles. The molecule has 0 fully saturated rings. The smallest absolute Gasteiger partial charge is 0.425 e. The molecule has 3 atom stereocenters. The second-order valence-corrected chi connectivity index (χ2v) is 8.44. The largest absolute Gasteiger partial charge is 0.481 e. The topological polar surface area (TPSA) is 92.7 Å². The minimum Gasteiger partial charge on any atom is -0.481 e. The molecule has 0 aromatic heterocycles. The molecular formula is C19H18F3NO5S. The van der Waals surface area contributed by atoms with Crippen LogP contribution in [0.3, 0.4) is 0 Å². The fourth-order valence-corrected chi connectivity index (χ4v) is 4.43. The molecule has 156 valence electrons. The van der Waals surface area contributed by atoms with E-state index in [1.54, 1.807) is 37.3 Å². The molecule has 2 aromatic rings. The number of rotatable bonds is 5. The highest BCUT2D eigenvalue weighted by molar-refractivity contribution is 7.89. The highest BCUT2D eigenvalue weighted by Crippen LogP contribution is 2.42. The molecule has 0 radical (unpaired) electrons. The van der Waals surface area contributed by atoms with E-state index in [-0.39, 0.29) is 16.2 Å². The number of aliphatic carboxylic acids is 1. The molecule has 1 aliphatic heterocycles. The van der Waals surface area contributed by atoms with E-state index < -0.39 is 46.7 Å². The van der Waals surface area contributed by atoms with Gasteiger partial charge in [-0.3, -0.25) is 4.79 Å². The van der Waals surface area contributed by atoms with E-state index in [9.17, 15) is 31.5 Å². The Morgan fingerprint density at radius 2 is 1.86 bits per heavy atom. The number of carboxylic acids is 1. The number of carboxylic acid groups (broad SMARTS) is 1. The average Bonchev–Trinajstić information content (AvgIpc) is 2.66. The third-order valence-corrected chi connectivity index (χ3v) is 6.22. The zero-order valence-corrected chi connectivity index (χ0v) is 16.0. The van der Waals surface area contributed by atoms with Gasteiger partial charge in [-0.25, -0.2) is 13.1 Å². The van der Waals surface area contributed by atoms with Crippen molar-refractivity contribution in [3.05, 3.63) is 59.7 Å². The first-order chi connectivity index (χ1) is 13.5. The molecule has 10 heteroatoms. The van der Waals surface area contributed by atoms with Crippen molar-refractivity contribution in [3.8, 4) is 5.75 Å². The second-order valence-electron chi connectivity index (χ2n) is 6.73. The Kier molecular flexibility index (Phi) is 5.59. The van der Waals surface area contributed by atoms with Crippen molar-refractivity contribution in [1.82, 2.24) is 4.72 Å². The van der Waals surface area contributed by atoms with Gasteiger partial charge in [0.2, 0.25) is 10.0 Å². The first-order valence-electron chi connectivity index (χ1n) is 8.66. The fourth-order valence-electron chi connectivity index (χ4n) is 3.16. The number of benzene rings is 2. The molecule has 3 rings (SSSR count). The number of fused-ring (bicyclic) bond motifs is 1. The Morgan fingerprint density at radius 3 is 2.45 bits per heavy atom. The standard InChI is InChI=1S/C19H18F3NO5S/c1-11(12-5-3-2-4-6-12)23-29(26,27)13-7-8-16-14(9-13)15(18(24)25)10-17(28-16)19(20,21)22/h2-9,11,15,17,23H,10H2,1H3,(H,24,25). The third kappa shape index (κ3) is 4.54. The molecule has 1 heterocycles. The summed E-state index contributed by atoms with van der Waals surface area (Å²) >= 11 is 0. The zero-order chi connectivity index (χ0) is 21.4. The summed E-state index contributed by atoms with van der Waals surface area (Å²) in [5.74, 6) is -3.31. The number of hydrogen-bond donors (Lipinski definition) is 2. The van der Waals surface area contributed by atoms with Crippen LogP contribution >= 0.6 is 0 Å². The van der Waals surface area contributed by atoms with Gasteiger partial charge >= 0.3 is 12.1 Å². The first kappa shape index (κ1) is 21.1. The van der Waals surface area contributed by atoms with Crippen LogP contribution in [0.15, 0.2) is 53.4 Å². The number of ether oxygens (including phenoxy) is 1. The molecule has 1 aliphatic rings. The van der Waals surface area contributed by atoms with Crippen molar-refractivity contribution in [3.63, 3.8) is 0 Å². The van der Waals surface area contributed by atoms with Gasteiger partial charge in [-0.05, 0) is 30.7 Å². The van der Waals surface area contributed by atoms with Gasteiger partial charge in [0.1, 0.15) is 5.75 Å². The van der Waals surface area contributed by atoms with Crippen LogP contribution in [-0.2, 0) is 14.8 Å². The SMILES string of the molecule is CC(NS(=O)(=O)c1ccc2c(c1)C(C(=O)O)CC(C(F)(F)F)O2)c1ccccc1. The maximum absolute atomic E-state index is 13.0. The van der Waals surface area contributed by atoms with Crippen LogP contribution in [0.25, 0.3) is 0 Å². The van der Waals surface area contributed by atoms with Gasteiger partial charge in [0.25, 0.3) is 0 Å². The Morgan fingerprint density at radius 1 is 1.21 bits per heavy atom. The molecule has 0 saturated carbocycles. The normalized spacial score (nSPS) is 20.4.